The highest BCUT2D eigenvalue weighted by Gasteiger charge is 2.14. The predicted molar refractivity (Wildman–Crippen MR) is 101 cm³/mol. The van der Waals surface area contributed by atoms with Crippen molar-refractivity contribution in [1.29, 1.82) is 0 Å². The number of carbonyl (C=O) groups is 1. The lowest BCUT2D eigenvalue weighted by molar-refractivity contribution is 0.0691. The summed E-state index contributed by atoms with van der Waals surface area (Å²) < 4.78 is 19.8. The molecule has 0 atom stereocenters. The molecule has 0 bridgehead atoms. The van der Waals surface area contributed by atoms with Crippen molar-refractivity contribution in [3.8, 4) is 11.5 Å². The molecule has 6 heteroatoms. The first-order valence-corrected chi connectivity index (χ1v) is 8.25. The van der Waals surface area contributed by atoms with E-state index >= 15 is 0 Å². The van der Waals surface area contributed by atoms with E-state index in [2.05, 4.69) is 10.3 Å². The fraction of sp³-hybridized carbons (Fsp3) is 0. The molecule has 134 valence electrons. The molecule has 4 rings (SSSR count). The van der Waals surface area contributed by atoms with Crippen LogP contribution in [-0.2, 0) is 0 Å². The van der Waals surface area contributed by atoms with Crippen LogP contribution in [0.2, 0.25) is 0 Å². The zero-order valence-electron chi connectivity index (χ0n) is 14.1. The van der Waals surface area contributed by atoms with Crippen molar-refractivity contribution in [2.24, 2.45) is 0 Å². The topological polar surface area (TPSA) is 74.3 Å². The second-order valence-corrected chi connectivity index (χ2v) is 5.94. The molecule has 0 amide bonds. The average Bonchev–Trinajstić information content (AvgIpc) is 3.12. The van der Waals surface area contributed by atoms with Gasteiger partial charge in [0.15, 0.2) is 0 Å². The number of ether oxygens (including phenoxy) is 1. The molecule has 0 saturated heterocycles. The average molecular weight is 362 g/mol. The Labute approximate surface area is 154 Å². The number of carboxylic acids is 1. The van der Waals surface area contributed by atoms with Crippen LogP contribution in [0.5, 0.6) is 11.5 Å². The van der Waals surface area contributed by atoms with Crippen LogP contribution in [0.1, 0.15) is 10.5 Å². The summed E-state index contributed by atoms with van der Waals surface area (Å²) in [7, 11) is 0. The summed E-state index contributed by atoms with van der Waals surface area (Å²) in [6.45, 7) is 0. The predicted octanol–water partition coefficient (Wildman–Crippen LogP) is 5.54. The molecule has 3 N–H and O–H groups in total. The first kappa shape index (κ1) is 16.7. The lowest BCUT2D eigenvalue weighted by atomic mass is 10.2. The summed E-state index contributed by atoms with van der Waals surface area (Å²) in [5.41, 5.74) is 1.40. The molecule has 0 spiro atoms. The normalized spacial score (nSPS) is 10.7. The van der Waals surface area contributed by atoms with E-state index in [9.17, 15) is 9.18 Å². The van der Waals surface area contributed by atoms with Crippen LogP contribution >= 0.6 is 0 Å². The Morgan fingerprint density at radius 3 is 2.52 bits per heavy atom. The summed E-state index contributed by atoms with van der Waals surface area (Å²) in [4.78, 5) is 13.8. The summed E-state index contributed by atoms with van der Waals surface area (Å²) in [6, 6.07) is 21.0. The second-order valence-electron chi connectivity index (χ2n) is 5.94. The van der Waals surface area contributed by atoms with E-state index in [0.717, 1.165) is 11.4 Å². The number of fused-ring (bicyclic) bond motifs is 1. The van der Waals surface area contributed by atoms with Crippen LogP contribution in [-0.4, -0.2) is 16.1 Å². The van der Waals surface area contributed by atoms with Gasteiger partial charge in [0.2, 0.25) is 0 Å². The number of aromatic amines is 1. The van der Waals surface area contributed by atoms with Crippen molar-refractivity contribution in [3.63, 3.8) is 0 Å². The molecule has 1 aromatic heterocycles. The van der Waals surface area contributed by atoms with Gasteiger partial charge in [0.25, 0.3) is 0 Å². The van der Waals surface area contributed by atoms with E-state index in [1.807, 2.05) is 54.6 Å². The third-order valence-corrected chi connectivity index (χ3v) is 4.07. The number of hydrogen-bond acceptors (Lipinski definition) is 3. The second kappa shape index (κ2) is 6.84. The SMILES string of the molecule is O=C(O)c1cc2c(Nc3cccc(Oc4ccccc4)c3)ccc(F)c2[nH]1. The summed E-state index contributed by atoms with van der Waals surface area (Å²) in [5, 5.41) is 12.8. The molecule has 0 aliphatic rings. The number of para-hydroxylation sites is 1. The van der Waals surface area contributed by atoms with Gasteiger partial charge in [0.05, 0.1) is 5.52 Å². The number of rotatable bonds is 5. The minimum absolute atomic E-state index is 0.0701. The molecular formula is C21H15FN2O3. The van der Waals surface area contributed by atoms with Crippen LogP contribution in [0.4, 0.5) is 15.8 Å². The molecule has 4 aromatic rings. The molecule has 27 heavy (non-hydrogen) atoms. The molecule has 3 aromatic carbocycles. The lowest BCUT2D eigenvalue weighted by Gasteiger charge is -2.11. The number of aromatic carboxylic acids is 1. The van der Waals surface area contributed by atoms with Crippen molar-refractivity contribution in [2.45, 2.75) is 0 Å². The molecule has 0 aliphatic heterocycles. The highest BCUT2D eigenvalue weighted by Crippen LogP contribution is 2.31. The van der Waals surface area contributed by atoms with Gasteiger partial charge in [0, 0.05) is 22.8 Å². The number of halogens is 1. The Kier molecular flexibility index (Phi) is 4.22. The van der Waals surface area contributed by atoms with Crippen molar-refractivity contribution in [3.05, 3.63) is 84.3 Å². The smallest absolute Gasteiger partial charge is 0.352 e. The maximum atomic E-state index is 14.0. The molecule has 0 saturated carbocycles. The van der Waals surface area contributed by atoms with Crippen LogP contribution in [0.15, 0.2) is 72.8 Å². The largest absolute Gasteiger partial charge is 0.477 e. The maximum absolute atomic E-state index is 14.0. The first-order valence-electron chi connectivity index (χ1n) is 8.25. The zero-order valence-corrected chi connectivity index (χ0v) is 14.1. The van der Waals surface area contributed by atoms with E-state index in [1.54, 1.807) is 6.07 Å². The Morgan fingerprint density at radius 1 is 0.963 bits per heavy atom. The summed E-state index contributed by atoms with van der Waals surface area (Å²) in [5.74, 6) is -0.292. The van der Waals surface area contributed by atoms with Gasteiger partial charge < -0.3 is 20.1 Å². The molecule has 0 radical (unpaired) electrons. The van der Waals surface area contributed by atoms with Gasteiger partial charge in [-0.25, -0.2) is 9.18 Å². The highest BCUT2D eigenvalue weighted by molar-refractivity contribution is 6.00. The van der Waals surface area contributed by atoms with Gasteiger partial charge in [-0.3, -0.25) is 0 Å². The minimum atomic E-state index is -1.14. The van der Waals surface area contributed by atoms with Gasteiger partial charge in [0.1, 0.15) is 23.0 Å². The molecule has 0 fully saturated rings. The van der Waals surface area contributed by atoms with Crippen LogP contribution in [0.3, 0.4) is 0 Å². The maximum Gasteiger partial charge on any atom is 0.352 e. The van der Waals surface area contributed by atoms with Crippen molar-refractivity contribution in [2.75, 3.05) is 5.32 Å². The van der Waals surface area contributed by atoms with Gasteiger partial charge in [-0.15, -0.1) is 0 Å². The number of H-pyrrole nitrogens is 1. The summed E-state index contributed by atoms with van der Waals surface area (Å²) in [6.07, 6.45) is 0. The van der Waals surface area contributed by atoms with E-state index in [-0.39, 0.29) is 11.2 Å². The third-order valence-electron chi connectivity index (χ3n) is 4.07. The number of benzene rings is 3. The monoisotopic (exact) mass is 362 g/mol. The van der Waals surface area contributed by atoms with Gasteiger partial charge in [-0.2, -0.15) is 0 Å². The first-order chi connectivity index (χ1) is 13.1. The quantitative estimate of drug-likeness (QED) is 0.436. The van der Waals surface area contributed by atoms with Gasteiger partial charge in [-0.05, 0) is 42.5 Å². The number of aromatic nitrogens is 1. The standard InChI is InChI=1S/C21H15FN2O3/c22-17-9-10-18(16-12-19(21(25)26)24-20(16)17)23-13-5-4-8-15(11-13)27-14-6-2-1-3-7-14/h1-12,23-24H,(H,25,26). The number of hydrogen-bond donors (Lipinski definition) is 3. The van der Waals surface area contributed by atoms with Gasteiger partial charge >= 0.3 is 5.97 Å². The Bertz CT molecular complexity index is 1120. The van der Waals surface area contributed by atoms with E-state index in [4.69, 9.17) is 9.84 Å². The molecular weight excluding hydrogens is 347 g/mol. The summed E-state index contributed by atoms with van der Waals surface area (Å²) >= 11 is 0. The van der Waals surface area contributed by atoms with E-state index in [1.165, 1.54) is 12.1 Å². The molecule has 5 nitrogen and oxygen atoms in total. The van der Waals surface area contributed by atoms with Crippen molar-refractivity contribution >= 4 is 28.2 Å². The number of carboxylic acid groups (broad SMARTS) is 1. The Morgan fingerprint density at radius 2 is 1.74 bits per heavy atom. The Balaban J connectivity index is 1.65. The fourth-order valence-electron chi connectivity index (χ4n) is 2.83. The fourth-order valence-corrected chi connectivity index (χ4v) is 2.83. The number of nitrogens with one attached hydrogen (secondary N) is 2. The van der Waals surface area contributed by atoms with E-state index < -0.39 is 11.8 Å². The highest BCUT2D eigenvalue weighted by atomic mass is 19.1. The molecule has 0 aliphatic carbocycles. The van der Waals surface area contributed by atoms with Gasteiger partial charge in [-0.1, -0.05) is 24.3 Å². The van der Waals surface area contributed by atoms with Crippen LogP contribution < -0.4 is 10.1 Å². The van der Waals surface area contributed by atoms with Crippen LogP contribution in [0, 0.1) is 5.82 Å². The van der Waals surface area contributed by atoms with Crippen molar-refractivity contribution in [1.82, 2.24) is 4.98 Å². The minimum Gasteiger partial charge on any atom is -0.477 e. The Hall–Kier alpha value is -3.80. The third kappa shape index (κ3) is 3.46. The van der Waals surface area contributed by atoms with E-state index in [0.29, 0.717) is 16.8 Å². The van der Waals surface area contributed by atoms with Crippen LogP contribution in [0.25, 0.3) is 10.9 Å². The van der Waals surface area contributed by atoms with Crippen molar-refractivity contribution < 1.29 is 19.0 Å². The molecule has 1 heterocycles. The molecule has 0 unspecified atom stereocenters. The lowest BCUT2D eigenvalue weighted by Crippen LogP contribution is -1.95. The zero-order chi connectivity index (χ0) is 18.8. The number of anilines is 2.